The molecule has 0 fully saturated rings. The molecule has 0 N–H and O–H groups in total. The molecular weight excluding hydrogens is 279 g/mol. The third kappa shape index (κ3) is 2.54. The molecule has 0 saturated carbocycles. The van der Waals surface area contributed by atoms with Crippen molar-refractivity contribution in [2.45, 2.75) is 6.67 Å². The molecule has 0 amide bonds. The van der Waals surface area contributed by atoms with Gasteiger partial charge in [0.1, 0.15) is 24.1 Å². The molecule has 1 nitrogen and oxygen atoms in total. The zero-order valence-corrected chi connectivity index (χ0v) is 9.89. The van der Waals surface area contributed by atoms with Gasteiger partial charge in [0.15, 0.2) is 0 Å². The van der Waals surface area contributed by atoms with Crippen molar-refractivity contribution in [2.75, 3.05) is 0 Å². The molecule has 0 unspecified atom stereocenters. The Morgan fingerprint density at radius 1 is 0.950 bits per heavy atom. The molecule has 0 aliphatic rings. The van der Waals surface area contributed by atoms with Crippen molar-refractivity contribution in [1.29, 1.82) is 0 Å². The summed E-state index contributed by atoms with van der Waals surface area (Å²) in [6.07, 6.45) is 0. The molecule has 2 aromatic rings. The lowest BCUT2D eigenvalue weighted by Crippen LogP contribution is -1.97. The maximum atomic E-state index is 13.7. The summed E-state index contributed by atoms with van der Waals surface area (Å²) >= 11 is 0. The highest BCUT2D eigenvalue weighted by Gasteiger charge is 2.15. The van der Waals surface area contributed by atoms with Crippen molar-refractivity contribution in [1.82, 2.24) is 0 Å². The Labute approximate surface area is 110 Å². The molecular formula is C14H7F5O. The number of rotatable bonds is 3. The standard InChI is InChI=1S/C14H7F5O/c15-6-10-12(17)4-8(5-13(10)18)9-2-1-7(14(19)20)3-11(9)16/h1-5H,6H2. The normalized spacial score (nSPS) is 10.7. The van der Waals surface area contributed by atoms with Crippen LogP contribution in [0.25, 0.3) is 11.1 Å². The topological polar surface area (TPSA) is 17.1 Å². The fraction of sp³-hybridized carbons (Fsp3) is 0.0714. The Bertz CT molecular complexity index is 658. The average Bonchev–Trinajstić information content (AvgIpc) is 2.38. The summed E-state index contributed by atoms with van der Waals surface area (Å²) in [6.45, 7) is -1.32. The van der Waals surface area contributed by atoms with E-state index in [4.69, 9.17) is 0 Å². The van der Waals surface area contributed by atoms with Crippen LogP contribution < -0.4 is 0 Å². The second-order valence-electron chi connectivity index (χ2n) is 4.02. The monoisotopic (exact) mass is 286 g/mol. The van der Waals surface area contributed by atoms with Gasteiger partial charge >= 0.3 is 6.04 Å². The summed E-state index contributed by atoms with van der Waals surface area (Å²) in [5.41, 5.74) is -1.65. The van der Waals surface area contributed by atoms with Crippen LogP contribution in [0.5, 0.6) is 0 Å². The van der Waals surface area contributed by atoms with Crippen LogP contribution in [0.1, 0.15) is 15.9 Å². The second-order valence-corrected chi connectivity index (χ2v) is 4.02. The van der Waals surface area contributed by atoms with E-state index in [2.05, 4.69) is 0 Å². The minimum atomic E-state index is -1.82. The van der Waals surface area contributed by atoms with Crippen LogP contribution in [-0.2, 0) is 6.67 Å². The van der Waals surface area contributed by atoms with Crippen LogP contribution in [0.2, 0.25) is 0 Å². The van der Waals surface area contributed by atoms with E-state index in [0.29, 0.717) is 6.07 Å². The molecule has 0 radical (unpaired) electrons. The predicted molar refractivity (Wildman–Crippen MR) is 62.0 cm³/mol. The summed E-state index contributed by atoms with van der Waals surface area (Å²) in [5.74, 6) is -3.31. The number of carbonyl (C=O) groups excluding carboxylic acids is 1. The van der Waals surface area contributed by atoms with E-state index in [1.165, 1.54) is 0 Å². The summed E-state index contributed by atoms with van der Waals surface area (Å²) in [4.78, 5) is 10.4. The molecule has 0 spiro atoms. The van der Waals surface area contributed by atoms with E-state index in [1.807, 2.05) is 0 Å². The van der Waals surface area contributed by atoms with Crippen molar-refractivity contribution < 1.29 is 26.7 Å². The molecule has 20 heavy (non-hydrogen) atoms. The number of benzene rings is 2. The second kappa shape index (κ2) is 5.40. The Hall–Kier alpha value is -2.24. The molecule has 0 aromatic heterocycles. The van der Waals surface area contributed by atoms with Crippen molar-refractivity contribution >= 4 is 6.04 Å². The third-order valence-corrected chi connectivity index (χ3v) is 2.78. The fourth-order valence-electron chi connectivity index (χ4n) is 1.76. The number of alkyl halides is 1. The quantitative estimate of drug-likeness (QED) is 0.605. The van der Waals surface area contributed by atoms with Gasteiger partial charge in [0.2, 0.25) is 0 Å². The number of carbonyl (C=O) groups is 1. The van der Waals surface area contributed by atoms with Crippen LogP contribution in [0.3, 0.4) is 0 Å². The number of halogens is 5. The van der Waals surface area contributed by atoms with Gasteiger partial charge in [-0.2, -0.15) is 4.39 Å². The van der Waals surface area contributed by atoms with E-state index in [0.717, 1.165) is 24.3 Å². The maximum absolute atomic E-state index is 13.7. The summed E-state index contributed by atoms with van der Waals surface area (Å²) in [6, 6.07) is 2.35. The molecule has 2 aromatic carbocycles. The Morgan fingerprint density at radius 2 is 1.55 bits per heavy atom. The van der Waals surface area contributed by atoms with Gasteiger partial charge in [0.25, 0.3) is 0 Å². The van der Waals surface area contributed by atoms with Crippen LogP contribution in [-0.4, -0.2) is 6.04 Å². The Kier molecular flexibility index (Phi) is 3.83. The molecule has 0 bridgehead atoms. The van der Waals surface area contributed by atoms with Crippen molar-refractivity contribution in [2.24, 2.45) is 0 Å². The first-order valence-corrected chi connectivity index (χ1v) is 5.47. The van der Waals surface area contributed by atoms with Gasteiger partial charge < -0.3 is 0 Å². The van der Waals surface area contributed by atoms with Gasteiger partial charge in [0, 0.05) is 5.56 Å². The SMILES string of the molecule is O=C(F)c1ccc(-c2cc(F)c(CF)c(F)c2)c(F)c1. The van der Waals surface area contributed by atoms with Crippen LogP contribution in [0.15, 0.2) is 30.3 Å². The van der Waals surface area contributed by atoms with Gasteiger partial charge in [-0.25, -0.2) is 17.6 Å². The highest BCUT2D eigenvalue weighted by Crippen LogP contribution is 2.27. The van der Waals surface area contributed by atoms with Gasteiger partial charge in [-0.3, -0.25) is 4.79 Å². The Morgan fingerprint density at radius 3 is 2.00 bits per heavy atom. The minimum Gasteiger partial charge on any atom is -0.255 e. The first-order valence-electron chi connectivity index (χ1n) is 5.47. The van der Waals surface area contributed by atoms with E-state index < -0.39 is 41.3 Å². The van der Waals surface area contributed by atoms with E-state index in [-0.39, 0.29) is 11.1 Å². The molecule has 104 valence electrons. The highest BCUT2D eigenvalue weighted by atomic mass is 19.2. The molecule has 6 heteroatoms. The predicted octanol–water partition coefficient (Wildman–Crippen LogP) is 4.35. The van der Waals surface area contributed by atoms with Crippen LogP contribution >= 0.6 is 0 Å². The van der Waals surface area contributed by atoms with E-state index >= 15 is 0 Å². The largest absolute Gasteiger partial charge is 0.332 e. The molecule has 0 saturated heterocycles. The lowest BCUT2D eigenvalue weighted by atomic mass is 10.0. The van der Waals surface area contributed by atoms with Crippen molar-refractivity contribution in [3.63, 3.8) is 0 Å². The summed E-state index contributed by atoms with van der Waals surface area (Å²) in [7, 11) is 0. The first kappa shape index (κ1) is 14.2. The van der Waals surface area contributed by atoms with Gasteiger partial charge in [0.05, 0.1) is 11.1 Å². The van der Waals surface area contributed by atoms with Gasteiger partial charge in [-0.15, -0.1) is 0 Å². The molecule has 0 aliphatic carbocycles. The molecule has 2 rings (SSSR count). The minimum absolute atomic E-state index is 0.174. The smallest absolute Gasteiger partial charge is 0.255 e. The maximum Gasteiger partial charge on any atom is 0.332 e. The number of hydrogen-bond donors (Lipinski definition) is 0. The zero-order chi connectivity index (χ0) is 14.9. The summed E-state index contributed by atoms with van der Waals surface area (Å²) in [5, 5.41) is 0. The van der Waals surface area contributed by atoms with E-state index in [9.17, 15) is 26.7 Å². The highest BCUT2D eigenvalue weighted by molar-refractivity contribution is 5.89. The van der Waals surface area contributed by atoms with Gasteiger partial charge in [-0.05, 0) is 29.8 Å². The van der Waals surface area contributed by atoms with Crippen molar-refractivity contribution in [3.8, 4) is 11.1 Å². The van der Waals surface area contributed by atoms with Crippen molar-refractivity contribution in [3.05, 3.63) is 58.9 Å². The Balaban J connectivity index is 2.55. The number of hydrogen-bond acceptors (Lipinski definition) is 1. The van der Waals surface area contributed by atoms with Crippen LogP contribution in [0, 0.1) is 17.5 Å². The van der Waals surface area contributed by atoms with Gasteiger partial charge in [-0.1, -0.05) is 6.07 Å². The lowest BCUT2D eigenvalue weighted by molar-refractivity contribution is 0.0835. The lowest BCUT2D eigenvalue weighted by Gasteiger charge is -2.07. The first-order chi connectivity index (χ1) is 9.43. The van der Waals surface area contributed by atoms with Crippen LogP contribution in [0.4, 0.5) is 22.0 Å². The average molecular weight is 286 g/mol. The fourth-order valence-corrected chi connectivity index (χ4v) is 1.76. The van der Waals surface area contributed by atoms with E-state index in [1.54, 1.807) is 0 Å². The molecule has 0 aliphatic heterocycles. The zero-order valence-electron chi connectivity index (χ0n) is 9.89. The third-order valence-electron chi connectivity index (χ3n) is 2.78. The molecule has 0 atom stereocenters. The molecule has 0 heterocycles. The summed E-state index contributed by atoms with van der Waals surface area (Å²) < 4.78 is 65.3.